The molecule has 1 saturated carbocycles. The SMILES string of the molecule is CC(=O)OC(C)C(=O)OC1(C(F)C(=O)O)CCCCC1. The molecule has 2 unspecified atom stereocenters. The highest BCUT2D eigenvalue weighted by Crippen LogP contribution is 2.36. The number of carboxylic acid groups (broad SMARTS) is 1. The molecule has 0 aliphatic heterocycles. The first kappa shape index (κ1) is 16.4. The van der Waals surface area contributed by atoms with Crippen molar-refractivity contribution in [3.05, 3.63) is 0 Å². The fraction of sp³-hybridized carbons (Fsp3) is 0.769. The van der Waals surface area contributed by atoms with E-state index in [1.165, 1.54) is 6.92 Å². The molecule has 0 saturated heterocycles. The van der Waals surface area contributed by atoms with Crippen molar-refractivity contribution in [2.75, 3.05) is 0 Å². The van der Waals surface area contributed by atoms with E-state index in [1.54, 1.807) is 0 Å². The standard InChI is InChI=1S/C13H19FO6/c1-8(19-9(2)15)12(18)20-13(10(14)11(16)17)6-4-3-5-7-13/h8,10H,3-7H2,1-2H3,(H,16,17). The summed E-state index contributed by atoms with van der Waals surface area (Å²) in [5, 5.41) is 8.84. The number of hydrogen-bond acceptors (Lipinski definition) is 5. The van der Waals surface area contributed by atoms with Gasteiger partial charge in [0.15, 0.2) is 11.7 Å². The lowest BCUT2D eigenvalue weighted by atomic mass is 9.81. The van der Waals surface area contributed by atoms with Gasteiger partial charge in [-0.25, -0.2) is 14.0 Å². The number of esters is 2. The number of carbonyl (C=O) groups is 3. The van der Waals surface area contributed by atoms with Gasteiger partial charge in [0.05, 0.1) is 0 Å². The van der Waals surface area contributed by atoms with E-state index in [0.717, 1.165) is 13.3 Å². The fourth-order valence-electron chi connectivity index (χ4n) is 2.36. The minimum atomic E-state index is -2.28. The third kappa shape index (κ3) is 3.91. The fourth-order valence-corrected chi connectivity index (χ4v) is 2.36. The summed E-state index contributed by atoms with van der Waals surface area (Å²) in [4.78, 5) is 33.5. The Bertz CT molecular complexity index is 388. The predicted octanol–water partition coefficient (Wildman–Crippen LogP) is 1.61. The summed E-state index contributed by atoms with van der Waals surface area (Å²) in [5.41, 5.74) is -1.66. The van der Waals surface area contributed by atoms with Gasteiger partial charge >= 0.3 is 17.9 Å². The molecule has 0 aromatic heterocycles. The number of aliphatic carboxylic acids is 1. The highest BCUT2D eigenvalue weighted by molar-refractivity contribution is 5.80. The van der Waals surface area contributed by atoms with Crippen LogP contribution >= 0.6 is 0 Å². The van der Waals surface area contributed by atoms with E-state index in [-0.39, 0.29) is 12.8 Å². The predicted molar refractivity (Wildman–Crippen MR) is 65.7 cm³/mol. The van der Waals surface area contributed by atoms with Gasteiger partial charge in [0.2, 0.25) is 6.17 Å². The van der Waals surface area contributed by atoms with Crippen molar-refractivity contribution < 1.29 is 33.4 Å². The van der Waals surface area contributed by atoms with E-state index < -0.39 is 35.8 Å². The maximum Gasteiger partial charge on any atom is 0.347 e. The number of carbonyl (C=O) groups excluding carboxylic acids is 2. The monoisotopic (exact) mass is 290 g/mol. The molecule has 0 bridgehead atoms. The lowest BCUT2D eigenvalue weighted by molar-refractivity contribution is -0.191. The van der Waals surface area contributed by atoms with Crippen LogP contribution in [0.4, 0.5) is 4.39 Å². The minimum Gasteiger partial charge on any atom is -0.479 e. The first-order valence-corrected chi connectivity index (χ1v) is 6.55. The van der Waals surface area contributed by atoms with Gasteiger partial charge in [0, 0.05) is 6.92 Å². The van der Waals surface area contributed by atoms with Gasteiger partial charge in [0.25, 0.3) is 0 Å². The summed E-state index contributed by atoms with van der Waals surface area (Å²) >= 11 is 0. The Hall–Kier alpha value is -1.66. The van der Waals surface area contributed by atoms with Gasteiger partial charge in [-0.2, -0.15) is 0 Å². The Balaban J connectivity index is 2.82. The summed E-state index contributed by atoms with van der Waals surface area (Å²) < 4.78 is 23.7. The molecule has 1 rings (SSSR count). The van der Waals surface area contributed by atoms with Crippen molar-refractivity contribution in [3.8, 4) is 0 Å². The smallest absolute Gasteiger partial charge is 0.347 e. The maximum absolute atomic E-state index is 14.0. The highest BCUT2D eigenvalue weighted by atomic mass is 19.1. The van der Waals surface area contributed by atoms with Gasteiger partial charge in [-0.05, 0) is 32.6 Å². The molecule has 0 spiro atoms. The van der Waals surface area contributed by atoms with Gasteiger partial charge < -0.3 is 14.6 Å². The van der Waals surface area contributed by atoms with E-state index in [1.807, 2.05) is 0 Å². The molecule has 0 aromatic rings. The maximum atomic E-state index is 14.0. The second kappa shape index (κ2) is 6.67. The Labute approximate surface area is 116 Å². The number of alkyl halides is 1. The molecule has 1 aliphatic rings. The van der Waals surface area contributed by atoms with Gasteiger partial charge in [-0.3, -0.25) is 4.79 Å². The molecule has 0 radical (unpaired) electrons. The van der Waals surface area contributed by atoms with Crippen LogP contribution in [0.2, 0.25) is 0 Å². The molecule has 0 aromatic carbocycles. The molecule has 2 atom stereocenters. The number of hydrogen-bond donors (Lipinski definition) is 1. The topological polar surface area (TPSA) is 89.9 Å². The first-order valence-electron chi connectivity index (χ1n) is 6.55. The third-order valence-corrected chi connectivity index (χ3v) is 3.36. The normalized spacial score (nSPS) is 20.6. The number of carboxylic acids is 1. The van der Waals surface area contributed by atoms with Crippen LogP contribution in [-0.2, 0) is 23.9 Å². The minimum absolute atomic E-state index is 0.152. The van der Waals surface area contributed by atoms with E-state index in [4.69, 9.17) is 9.84 Å². The highest BCUT2D eigenvalue weighted by Gasteiger charge is 2.48. The Morgan fingerprint density at radius 3 is 2.20 bits per heavy atom. The molecule has 114 valence electrons. The second-order valence-corrected chi connectivity index (χ2v) is 5.00. The molecule has 1 aliphatic carbocycles. The summed E-state index contributed by atoms with van der Waals surface area (Å²) in [6, 6.07) is 0. The van der Waals surface area contributed by atoms with Crippen molar-refractivity contribution in [2.45, 2.75) is 63.8 Å². The zero-order valence-corrected chi connectivity index (χ0v) is 11.6. The quantitative estimate of drug-likeness (QED) is 0.774. The van der Waals surface area contributed by atoms with E-state index in [0.29, 0.717) is 12.8 Å². The van der Waals surface area contributed by atoms with Crippen LogP contribution in [-0.4, -0.2) is 40.9 Å². The van der Waals surface area contributed by atoms with Crippen molar-refractivity contribution in [1.29, 1.82) is 0 Å². The van der Waals surface area contributed by atoms with Crippen molar-refractivity contribution in [3.63, 3.8) is 0 Å². The Morgan fingerprint density at radius 2 is 1.75 bits per heavy atom. The van der Waals surface area contributed by atoms with E-state index in [2.05, 4.69) is 4.74 Å². The number of rotatable bonds is 5. The van der Waals surface area contributed by atoms with Crippen LogP contribution in [0.25, 0.3) is 0 Å². The molecule has 20 heavy (non-hydrogen) atoms. The van der Waals surface area contributed by atoms with Gasteiger partial charge in [0.1, 0.15) is 0 Å². The van der Waals surface area contributed by atoms with Crippen molar-refractivity contribution in [2.24, 2.45) is 0 Å². The van der Waals surface area contributed by atoms with E-state index >= 15 is 0 Å². The van der Waals surface area contributed by atoms with Crippen LogP contribution in [0.3, 0.4) is 0 Å². The number of halogens is 1. The third-order valence-electron chi connectivity index (χ3n) is 3.36. The van der Waals surface area contributed by atoms with Crippen molar-refractivity contribution in [1.82, 2.24) is 0 Å². The summed E-state index contributed by atoms with van der Waals surface area (Å²) in [6.45, 7) is 2.43. The summed E-state index contributed by atoms with van der Waals surface area (Å²) in [6.07, 6.45) is -1.15. The molecule has 1 fully saturated rings. The van der Waals surface area contributed by atoms with Crippen LogP contribution in [0.5, 0.6) is 0 Å². The summed E-state index contributed by atoms with van der Waals surface area (Å²) in [7, 11) is 0. The van der Waals surface area contributed by atoms with E-state index in [9.17, 15) is 18.8 Å². The first-order chi connectivity index (χ1) is 9.28. The second-order valence-electron chi connectivity index (χ2n) is 5.00. The Morgan fingerprint density at radius 1 is 1.20 bits per heavy atom. The van der Waals surface area contributed by atoms with Gasteiger partial charge in [-0.1, -0.05) is 6.42 Å². The van der Waals surface area contributed by atoms with Crippen LogP contribution in [0.1, 0.15) is 46.0 Å². The molecule has 7 heteroatoms. The Kier molecular flexibility index (Phi) is 5.47. The van der Waals surface area contributed by atoms with Crippen LogP contribution in [0.15, 0.2) is 0 Å². The molecular weight excluding hydrogens is 271 g/mol. The lowest BCUT2D eigenvalue weighted by Gasteiger charge is -2.37. The zero-order chi connectivity index (χ0) is 15.3. The van der Waals surface area contributed by atoms with Gasteiger partial charge in [-0.15, -0.1) is 0 Å². The molecule has 0 amide bonds. The number of ether oxygens (including phenoxy) is 2. The molecule has 1 N–H and O–H groups in total. The van der Waals surface area contributed by atoms with Crippen LogP contribution in [0, 0.1) is 0 Å². The molecule has 0 heterocycles. The summed E-state index contributed by atoms with van der Waals surface area (Å²) in [5.74, 6) is -3.24. The zero-order valence-electron chi connectivity index (χ0n) is 11.6. The van der Waals surface area contributed by atoms with Crippen molar-refractivity contribution >= 4 is 17.9 Å². The van der Waals surface area contributed by atoms with Crippen LogP contribution < -0.4 is 0 Å². The average Bonchev–Trinajstić information content (AvgIpc) is 2.37. The lowest BCUT2D eigenvalue weighted by Crippen LogP contribution is -2.50. The average molecular weight is 290 g/mol. The molecular formula is C13H19FO6. The largest absolute Gasteiger partial charge is 0.479 e. The molecule has 6 nitrogen and oxygen atoms in total.